The van der Waals surface area contributed by atoms with E-state index in [0.717, 1.165) is 24.9 Å². The summed E-state index contributed by atoms with van der Waals surface area (Å²) in [6, 6.07) is 3.66. The fourth-order valence-electron chi connectivity index (χ4n) is 1.45. The van der Waals surface area contributed by atoms with E-state index in [1.165, 1.54) is 5.57 Å². The number of pyridine rings is 1. The molecule has 0 atom stereocenters. The first kappa shape index (κ1) is 9.09. The summed E-state index contributed by atoms with van der Waals surface area (Å²) < 4.78 is 5.21. The second kappa shape index (κ2) is 4.15. The monoisotopic (exact) mass is 189 g/mol. The van der Waals surface area contributed by atoms with Crippen LogP contribution in [0.2, 0.25) is 0 Å². The lowest BCUT2D eigenvalue weighted by Gasteiger charge is -2.13. The van der Waals surface area contributed by atoms with Crippen molar-refractivity contribution in [3.05, 3.63) is 35.7 Å². The fourth-order valence-corrected chi connectivity index (χ4v) is 1.45. The predicted octanol–water partition coefficient (Wildman–Crippen LogP) is 1.70. The van der Waals surface area contributed by atoms with Crippen LogP contribution in [0.1, 0.15) is 22.5 Å². The molecule has 1 aromatic rings. The van der Waals surface area contributed by atoms with Crippen LogP contribution in [0.4, 0.5) is 0 Å². The van der Waals surface area contributed by atoms with Crippen LogP contribution in [-0.4, -0.2) is 24.5 Å². The minimum absolute atomic E-state index is 0.474. The maximum absolute atomic E-state index is 10.4. The Bertz CT molecular complexity index is 354. The van der Waals surface area contributed by atoms with Crippen molar-refractivity contribution in [2.24, 2.45) is 0 Å². The van der Waals surface area contributed by atoms with E-state index in [0.29, 0.717) is 12.3 Å². The first-order chi connectivity index (χ1) is 6.90. The quantitative estimate of drug-likeness (QED) is 0.665. The molecular weight excluding hydrogens is 178 g/mol. The van der Waals surface area contributed by atoms with Gasteiger partial charge in [0.2, 0.25) is 0 Å². The average Bonchev–Trinajstić information content (AvgIpc) is 2.30. The zero-order valence-electron chi connectivity index (χ0n) is 7.77. The summed E-state index contributed by atoms with van der Waals surface area (Å²) in [5, 5.41) is 0. The van der Waals surface area contributed by atoms with Crippen molar-refractivity contribution in [3.63, 3.8) is 0 Å². The molecule has 0 saturated heterocycles. The number of hydrogen-bond donors (Lipinski definition) is 0. The zero-order chi connectivity index (χ0) is 9.80. The zero-order valence-corrected chi connectivity index (χ0v) is 7.77. The lowest BCUT2D eigenvalue weighted by molar-refractivity contribution is 0.111. The van der Waals surface area contributed by atoms with Gasteiger partial charge in [-0.05, 0) is 23.6 Å². The van der Waals surface area contributed by atoms with Crippen LogP contribution in [0, 0.1) is 0 Å². The van der Waals surface area contributed by atoms with Crippen molar-refractivity contribution in [1.29, 1.82) is 0 Å². The molecule has 72 valence electrons. The number of nitrogens with zero attached hydrogens (tertiary/aromatic N) is 1. The number of rotatable bonds is 2. The van der Waals surface area contributed by atoms with E-state index in [4.69, 9.17) is 4.74 Å². The molecule has 1 aliphatic rings. The minimum atomic E-state index is 0.474. The topological polar surface area (TPSA) is 39.2 Å². The van der Waals surface area contributed by atoms with Gasteiger partial charge in [0.25, 0.3) is 0 Å². The molecule has 2 rings (SSSR count). The molecular formula is C11H11NO2. The van der Waals surface area contributed by atoms with Crippen LogP contribution in [0.3, 0.4) is 0 Å². The third kappa shape index (κ3) is 1.88. The first-order valence-electron chi connectivity index (χ1n) is 4.58. The molecule has 0 radical (unpaired) electrons. The van der Waals surface area contributed by atoms with E-state index in [1.54, 1.807) is 12.3 Å². The summed E-state index contributed by atoms with van der Waals surface area (Å²) in [4.78, 5) is 14.4. The molecule has 0 unspecified atom stereocenters. The first-order valence-corrected chi connectivity index (χ1v) is 4.58. The number of aromatic nitrogens is 1. The Labute approximate surface area is 82.4 Å². The Balaban J connectivity index is 2.23. The van der Waals surface area contributed by atoms with Crippen LogP contribution in [0.5, 0.6) is 0 Å². The van der Waals surface area contributed by atoms with Gasteiger partial charge in [-0.15, -0.1) is 0 Å². The maximum Gasteiger partial charge on any atom is 0.168 e. The number of aldehydes is 1. The molecule has 1 aromatic heterocycles. The summed E-state index contributed by atoms with van der Waals surface area (Å²) in [5.74, 6) is 0. The van der Waals surface area contributed by atoms with Gasteiger partial charge < -0.3 is 4.74 Å². The van der Waals surface area contributed by atoms with Gasteiger partial charge in [-0.25, -0.2) is 0 Å². The summed E-state index contributed by atoms with van der Waals surface area (Å²) >= 11 is 0. The molecule has 0 aliphatic carbocycles. The van der Waals surface area contributed by atoms with E-state index in [9.17, 15) is 4.79 Å². The van der Waals surface area contributed by atoms with Gasteiger partial charge in [-0.1, -0.05) is 12.1 Å². The lowest BCUT2D eigenvalue weighted by Crippen LogP contribution is -2.04. The Morgan fingerprint density at radius 3 is 2.93 bits per heavy atom. The Morgan fingerprint density at radius 1 is 1.43 bits per heavy atom. The maximum atomic E-state index is 10.4. The van der Waals surface area contributed by atoms with Crippen molar-refractivity contribution < 1.29 is 9.53 Å². The van der Waals surface area contributed by atoms with Crippen LogP contribution >= 0.6 is 0 Å². The van der Waals surface area contributed by atoms with Crippen molar-refractivity contribution >= 4 is 11.9 Å². The highest BCUT2D eigenvalue weighted by molar-refractivity contribution is 5.73. The van der Waals surface area contributed by atoms with Gasteiger partial charge in [0.15, 0.2) is 6.29 Å². The molecule has 0 amide bonds. The largest absolute Gasteiger partial charge is 0.377 e. The van der Waals surface area contributed by atoms with E-state index in [1.807, 2.05) is 6.07 Å². The Kier molecular flexibility index (Phi) is 2.70. The summed E-state index contributed by atoms with van der Waals surface area (Å²) in [7, 11) is 0. The Hall–Kier alpha value is -1.48. The normalized spacial score (nSPS) is 16.1. The van der Waals surface area contributed by atoms with Crippen molar-refractivity contribution in [2.75, 3.05) is 13.2 Å². The number of carbonyl (C=O) groups is 1. The molecule has 2 heterocycles. The van der Waals surface area contributed by atoms with E-state index < -0.39 is 0 Å². The lowest BCUT2D eigenvalue weighted by atomic mass is 10.0. The standard InChI is InChI=1S/C11H11NO2/c13-8-11-2-1-10(7-12-11)9-3-5-14-6-4-9/h1-3,7-8H,4-6H2. The molecule has 3 nitrogen and oxygen atoms in total. The van der Waals surface area contributed by atoms with Crippen molar-refractivity contribution in [1.82, 2.24) is 4.98 Å². The SMILES string of the molecule is O=Cc1ccc(C2=CCOCC2)cn1. The van der Waals surface area contributed by atoms with Gasteiger partial charge in [-0.3, -0.25) is 9.78 Å². The second-order valence-corrected chi connectivity index (χ2v) is 3.14. The molecule has 3 heteroatoms. The average molecular weight is 189 g/mol. The smallest absolute Gasteiger partial charge is 0.168 e. The molecule has 1 aliphatic heterocycles. The third-order valence-corrected chi connectivity index (χ3v) is 2.24. The number of hydrogen-bond acceptors (Lipinski definition) is 3. The van der Waals surface area contributed by atoms with E-state index >= 15 is 0 Å². The highest BCUT2D eigenvalue weighted by Crippen LogP contribution is 2.19. The van der Waals surface area contributed by atoms with Gasteiger partial charge in [-0.2, -0.15) is 0 Å². The van der Waals surface area contributed by atoms with Crippen LogP contribution in [0.25, 0.3) is 5.57 Å². The van der Waals surface area contributed by atoms with Crippen LogP contribution in [0.15, 0.2) is 24.4 Å². The van der Waals surface area contributed by atoms with Gasteiger partial charge in [0.1, 0.15) is 5.69 Å². The van der Waals surface area contributed by atoms with Crippen molar-refractivity contribution in [2.45, 2.75) is 6.42 Å². The van der Waals surface area contributed by atoms with Crippen molar-refractivity contribution in [3.8, 4) is 0 Å². The molecule has 0 N–H and O–H groups in total. The van der Waals surface area contributed by atoms with Gasteiger partial charge in [0, 0.05) is 6.20 Å². The molecule has 0 spiro atoms. The molecule has 0 aromatic carbocycles. The summed E-state index contributed by atoms with van der Waals surface area (Å²) in [6.45, 7) is 1.44. The molecule has 14 heavy (non-hydrogen) atoms. The highest BCUT2D eigenvalue weighted by atomic mass is 16.5. The predicted molar refractivity (Wildman–Crippen MR) is 53.0 cm³/mol. The van der Waals surface area contributed by atoms with Crippen LogP contribution < -0.4 is 0 Å². The minimum Gasteiger partial charge on any atom is -0.377 e. The van der Waals surface area contributed by atoms with E-state index in [-0.39, 0.29) is 0 Å². The van der Waals surface area contributed by atoms with E-state index in [2.05, 4.69) is 11.1 Å². The van der Waals surface area contributed by atoms with Crippen LogP contribution in [-0.2, 0) is 4.74 Å². The highest BCUT2D eigenvalue weighted by Gasteiger charge is 2.06. The second-order valence-electron chi connectivity index (χ2n) is 3.14. The molecule has 0 bridgehead atoms. The van der Waals surface area contributed by atoms with Gasteiger partial charge in [0.05, 0.1) is 13.2 Å². The molecule has 0 saturated carbocycles. The Morgan fingerprint density at radius 2 is 2.36 bits per heavy atom. The number of ether oxygens (including phenoxy) is 1. The number of carbonyl (C=O) groups excluding carboxylic acids is 1. The summed E-state index contributed by atoms with van der Waals surface area (Å²) in [6.07, 6.45) is 5.46. The fraction of sp³-hybridized carbons (Fsp3) is 0.273. The third-order valence-electron chi connectivity index (χ3n) is 2.24. The van der Waals surface area contributed by atoms with Gasteiger partial charge >= 0.3 is 0 Å². The summed E-state index contributed by atoms with van der Waals surface area (Å²) in [5.41, 5.74) is 2.81. The molecule has 0 fully saturated rings.